The second-order valence-corrected chi connectivity index (χ2v) is 4.49. The quantitative estimate of drug-likeness (QED) is 0.718. The van der Waals surface area contributed by atoms with Crippen LogP contribution in [-0.4, -0.2) is 50.3 Å². The molecule has 0 aliphatic rings. The molecule has 4 nitrogen and oxygen atoms in total. The van der Waals surface area contributed by atoms with E-state index in [1.165, 1.54) is 0 Å². The predicted molar refractivity (Wildman–Crippen MR) is 64.7 cm³/mol. The fraction of sp³-hybridized carbons (Fsp3) is 0.700. The van der Waals surface area contributed by atoms with Crippen LogP contribution in [0.1, 0.15) is 5.69 Å². The van der Waals surface area contributed by atoms with Gasteiger partial charge in [0.2, 0.25) is 0 Å². The Balaban J connectivity index is 1.98. The van der Waals surface area contributed by atoms with Crippen LogP contribution in [-0.2, 0) is 4.74 Å². The molecule has 0 saturated heterocycles. The number of ether oxygens (including phenoxy) is 1. The molecule has 0 atom stereocenters. The molecule has 1 rings (SSSR count). The lowest BCUT2D eigenvalue weighted by atomic mass is 10.6. The normalized spacial score (nSPS) is 10.9. The minimum Gasteiger partial charge on any atom is -0.378 e. The second kappa shape index (κ2) is 6.76. The van der Waals surface area contributed by atoms with Crippen LogP contribution in [0.15, 0.2) is 5.38 Å². The average Bonchev–Trinajstić information content (AvgIpc) is 2.57. The van der Waals surface area contributed by atoms with Gasteiger partial charge < -0.3 is 15.0 Å². The minimum atomic E-state index is 0.729. The van der Waals surface area contributed by atoms with Gasteiger partial charge in [-0.15, -0.1) is 11.3 Å². The number of thiazole rings is 1. The molecule has 1 N–H and O–H groups in total. The van der Waals surface area contributed by atoms with Gasteiger partial charge in [-0.05, 0) is 21.0 Å². The van der Waals surface area contributed by atoms with E-state index < -0.39 is 0 Å². The summed E-state index contributed by atoms with van der Waals surface area (Å²) in [7, 11) is 4.08. The van der Waals surface area contributed by atoms with Crippen LogP contribution in [0.3, 0.4) is 0 Å². The van der Waals surface area contributed by atoms with Crippen molar-refractivity contribution in [3.63, 3.8) is 0 Å². The number of aryl methyl sites for hydroxylation is 1. The summed E-state index contributed by atoms with van der Waals surface area (Å²) >= 11 is 1.63. The number of anilines is 1. The molecular weight excluding hydrogens is 210 g/mol. The lowest BCUT2D eigenvalue weighted by molar-refractivity contribution is 0.126. The largest absolute Gasteiger partial charge is 0.378 e. The topological polar surface area (TPSA) is 37.4 Å². The van der Waals surface area contributed by atoms with Crippen molar-refractivity contribution in [3.8, 4) is 0 Å². The van der Waals surface area contributed by atoms with E-state index in [0.29, 0.717) is 0 Å². The van der Waals surface area contributed by atoms with Crippen LogP contribution in [0.2, 0.25) is 0 Å². The summed E-state index contributed by atoms with van der Waals surface area (Å²) in [4.78, 5) is 6.41. The van der Waals surface area contributed by atoms with Gasteiger partial charge >= 0.3 is 0 Å². The third-order valence-electron chi connectivity index (χ3n) is 1.82. The highest BCUT2D eigenvalue weighted by Gasteiger charge is 1.96. The zero-order valence-electron chi connectivity index (χ0n) is 9.62. The average molecular weight is 229 g/mol. The van der Waals surface area contributed by atoms with Gasteiger partial charge in [0.15, 0.2) is 5.13 Å². The van der Waals surface area contributed by atoms with E-state index in [2.05, 4.69) is 15.2 Å². The molecule has 0 radical (unpaired) electrons. The number of nitrogens with one attached hydrogen (secondary N) is 1. The summed E-state index contributed by atoms with van der Waals surface area (Å²) in [6.45, 7) is 5.30. The zero-order valence-corrected chi connectivity index (χ0v) is 10.4. The molecule has 1 heterocycles. The molecule has 15 heavy (non-hydrogen) atoms. The first kappa shape index (κ1) is 12.4. The van der Waals surface area contributed by atoms with Gasteiger partial charge in [-0.1, -0.05) is 0 Å². The maximum atomic E-state index is 5.45. The summed E-state index contributed by atoms with van der Waals surface area (Å²) in [6, 6.07) is 0. The van der Waals surface area contributed by atoms with Crippen molar-refractivity contribution in [1.29, 1.82) is 0 Å². The molecule has 0 aliphatic carbocycles. The fourth-order valence-electron chi connectivity index (χ4n) is 1.01. The zero-order chi connectivity index (χ0) is 11.1. The van der Waals surface area contributed by atoms with Crippen LogP contribution in [0.4, 0.5) is 5.13 Å². The number of likely N-dealkylation sites (N-methyl/N-ethyl adjacent to an activating group) is 1. The molecule has 0 fully saturated rings. The van der Waals surface area contributed by atoms with Crippen LogP contribution < -0.4 is 5.32 Å². The SMILES string of the molecule is Cc1csc(NCCOCCN(C)C)n1. The molecular formula is C10H19N3OS. The Kier molecular flexibility index (Phi) is 5.60. The van der Waals surface area contributed by atoms with E-state index >= 15 is 0 Å². The lowest BCUT2D eigenvalue weighted by Crippen LogP contribution is -2.19. The molecule has 0 spiro atoms. The molecule has 0 saturated carbocycles. The monoisotopic (exact) mass is 229 g/mol. The Morgan fingerprint density at radius 1 is 1.47 bits per heavy atom. The number of rotatable bonds is 7. The van der Waals surface area contributed by atoms with Crippen molar-refractivity contribution in [2.75, 3.05) is 45.7 Å². The maximum absolute atomic E-state index is 5.45. The van der Waals surface area contributed by atoms with Crippen LogP contribution in [0, 0.1) is 6.92 Å². The van der Waals surface area contributed by atoms with Gasteiger partial charge in [-0.25, -0.2) is 4.98 Å². The molecule has 0 amide bonds. The van der Waals surface area contributed by atoms with Crippen molar-refractivity contribution in [2.24, 2.45) is 0 Å². The Labute approximate surface area is 95.3 Å². The van der Waals surface area contributed by atoms with Gasteiger partial charge in [0.05, 0.1) is 18.9 Å². The third-order valence-corrected chi connectivity index (χ3v) is 2.74. The lowest BCUT2D eigenvalue weighted by Gasteiger charge is -2.09. The second-order valence-electron chi connectivity index (χ2n) is 3.64. The maximum Gasteiger partial charge on any atom is 0.182 e. The Hall–Kier alpha value is -0.650. The van der Waals surface area contributed by atoms with E-state index in [1.54, 1.807) is 11.3 Å². The van der Waals surface area contributed by atoms with Crippen molar-refractivity contribution in [3.05, 3.63) is 11.1 Å². The number of nitrogens with zero attached hydrogens (tertiary/aromatic N) is 2. The summed E-state index contributed by atoms with van der Waals surface area (Å²) in [6.07, 6.45) is 0. The van der Waals surface area contributed by atoms with E-state index in [-0.39, 0.29) is 0 Å². The fourth-order valence-corrected chi connectivity index (χ4v) is 1.73. The van der Waals surface area contributed by atoms with Crippen LogP contribution in [0.25, 0.3) is 0 Å². The Morgan fingerprint density at radius 2 is 2.27 bits per heavy atom. The van der Waals surface area contributed by atoms with Gasteiger partial charge in [-0.3, -0.25) is 0 Å². The minimum absolute atomic E-state index is 0.729. The molecule has 5 heteroatoms. The summed E-state index contributed by atoms with van der Waals surface area (Å²) in [5, 5.41) is 6.23. The molecule has 0 aliphatic heterocycles. The smallest absolute Gasteiger partial charge is 0.182 e. The number of hydrogen-bond acceptors (Lipinski definition) is 5. The molecule has 1 aromatic rings. The molecule has 1 aromatic heterocycles. The summed E-state index contributed by atoms with van der Waals surface area (Å²) in [5.41, 5.74) is 1.07. The molecule has 0 aromatic carbocycles. The first-order valence-electron chi connectivity index (χ1n) is 5.07. The number of aromatic nitrogens is 1. The highest BCUT2D eigenvalue weighted by molar-refractivity contribution is 7.13. The van der Waals surface area contributed by atoms with Crippen LogP contribution >= 0.6 is 11.3 Å². The van der Waals surface area contributed by atoms with E-state index in [4.69, 9.17) is 4.74 Å². The Morgan fingerprint density at radius 3 is 2.87 bits per heavy atom. The molecule has 86 valence electrons. The van der Waals surface area contributed by atoms with E-state index in [1.807, 2.05) is 26.4 Å². The highest BCUT2D eigenvalue weighted by Crippen LogP contribution is 2.13. The third kappa shape index (κ3) is 5.71. The van der Waals surface area contributed by atoms with E-state index in [0.717, 1.165) is 37.1 Å². The van der Waals surface area contributed by atoms with Gasteiger partial charge in [0, 0.05) is 18.5 Å². The van der Waals surface area contributed by atoms with Crippen molar-refractivity contribution < 1.29 is 4.74 Å². The first-order chi connectivity index (χ1) is 7.18. The van der Waals surface area contributed by atoms with Crippen molar-refractivity contribution >= 4 is 16.5 Å². The van der Waals surface area contributed by atoms with Gasteiger partial charge in [-0.2, -0.15) is 0 Å². The standard InChI is InChI=1S/C10H19N3OS/c1-9-8-15-10(12-9)11-4-6-14-7-5-13(2)3/h8H,4-7H2,1-3H3,(H,11,12). The first-order valence-corrected chi connectivity index (χ1v) is 5.95. The van der Waals surface area contributed by atoms with Crippen molar-refractivity contribution in [2.45, 2.75) is 6.92 Å². The molecule has 0 unspecified atom stereocenters. The number of hydrogen-bond donors (Lipinski definition) is 1. The van der Waals surface area contributed by atoms with Gasteiger partial charge in [0.25, 0.3) is 0 Å². The highest BCUT2D eigenvalue weighted by atomic mass is 32.1. The van der Waals surface area contributed by atoms with Crippen molar-refractivity contribution in [1.82, 2.24) is 9.88 Å². The summed E-state index contributed by atoms with van der Waals surface area (Å²) in [5.74, 6) is 0. The summed E-state index contributed by atoms with van der Waals surface area (Å²) < 4.78 is 5.45. The predicted octanol–water partition coefficient (Wildman–Crippen LogP) is 1.44. The molecule has 0 bridgehead atoms. The van der Waals surface area contributed by atoms with Crippen LogP contribution in [0.5, 0.6) is 0 Å². The van der Waals surface area contributed by atoms with Gasteiger partial charge in [0.1, 0.15) is 0 Å². The Bertz CT molecular complexity index is 275. The van der Waals surface area contributed by atoms with E-state index in [9.17, 15) is 0 Å².